The van der Waals surface area contributed by atoms with Gasteiger partial charge >= 0.3 is 5.97 Å². The van der Waals surface area contributed by atoms with Crippen LogP contribution in [-0.4, -0.2) is 23.3 Å². The first-order valence-corrected chi connectivity index (χ1v) is 8.19. The standard InChI is InChI=1S/C14H14ClFN2O4S/c1-2-22-14(19)4-3-12(18(20)21)11-7-23-13-6-9(16)8(15)5-10(13)17-11/h5-6,17H,2-4,7H2,1H3/b12-11-. The number of carbonyl (C=O) groups is 1. The zero-order valence-electron chi connectivity index (χ0n) is 12.2. The quantitative estimate of drug-likeness (QED) is 0.488. The SMILES string of the molecule is CCOC(=O)CC/C(=C1\CSc2cc(F)c(Cl)cc2N1)[N+](=O)[O-]. The number of anilines is 1. The predicted molar refractivity (Wildman–Crippen MR) is 85.6 cm³/mol. The molecule has 0 spiro atoms. The lowest BCUT2D eigenvalue weighted by molar-refractivity contribution is -0.429. The van der Waals surface area contributed by atoms with E-state index in [1.807, 2.05) is 0 Å². The molecule has 0 saturated carbocycles. The molecule has 1 aromatic carbocycles. The largest absolute Gasteiger partial charge is 0.466 e. The molecule has 1 aliphatic rings. The first-order chi connectivity index (χ1) is 10.9. The smallest absolute Gasteiger partial charge is 0.306 e. The number of allylic oxidation sites excluding steroid dienone is 1. The number of nitro groups is 1. The van der Waals surface area contributed by atoms with Gasteiger partial charge in [0.2, 0.25) is 0 Å². The third kappa shape index (κ3) is 4.35. The van der Waals surface area contributed by atoms with Crippen molar-refractivity contribution in [2.75, 3.05) is 17.7 Å². The zero-order valence-corrected chi connectivity index (χ0v) is 13.8. The van der Waals surface area contributed by atoms with Crippen LogP contribution in [0.15, 0.2) is 28.4 Å². The number of nitrogens with one attached hydrogen (secondary N) is 1. The fourth-order valence-corrected chi connectivity index (χ4v) is 3.21. The van der Waals surface area contributed by atoms with Crippen molar-refractivity contribution in [3.63, 3.8) is 0 Å². The number of ether oxygens (including phenoxy) is 1. The minimum atomic E-state index is -0.538. The summed E-state index contributed by atoms with van der Waals surface area (Å²) in [6.45, 7) is 1.90. The topological polar surface area (TPSA) is 81.5 Å². The minimum absolute atomic E-state index is 0.0427. The van der Waals surface area contributed by atoms with Crippen molar-refractivity contribution in [3.8, 4) is 0 Å². The average molecular weight is 361 g/mol. The fourth-order valence-electron chi connectivity index (χ4n) is 2.06. The predicted octanol–water partition coefficient (Wildman–Crippen LogP) is 3.83. The summed E-state index contributed by atoms with van der Waals surface area (Å²) in [5, 5.41) is 14.1. The molecule has 23 heavy (non-hydrogen) atoms. The molecule has 2 rings (SSSR count). The van der Waals surface area contributed by atoms with Crippen molar-refractivity contribution in [2.24, 2.45) is 0 Å². The van der Waals surface area contributed by atoms with E-state index >= 15 is 0 Å². The third-order valence-electron chi connectivity index (χ3n) is 3.12. The van der Waals surface area contributed by atoms with Crippen molar-refractivity contribution >= 4 is 35.0 Å². The van der Waals surface area contributed by atoms with E-state index in [1.165, 1.54) is 23.9 Å². The van der Waals surface area contributed by atoms with Gasteiger partial charge in [-0.15, -0.1) is 11.8 Å². The summed E-state index contributed by atoms with van der Waals surface area (Å²) in [6, 6.07) is 2.68. The average Bonchev–Trinajstić information content (AvgIpc) is 2.48. The van der Waals surface area contributed by atoms with E-state index in [0.717, 1.165) is 0 Å². The Morgan fingerprint density at radius 1 is 1.52 bits per heavy atom. The molecule has 0 saturated heterocycles. The van der Waals surface area contributed by atoms with Gasteiger partial charge in [0, 0.05) is 10.6 Å². The van der Waals surface area contributed by atoms with Gasteiger partial charge in [-0.2, -0.15) is 0 Å². The van der Waals surface area contributed by atoms with Crippen LogP contribution in [0, 0.1) is 15.9 Å². The molecule has 0 amide bonds. The van der Waals surface area contributed by atoms with Crippen LogP contribution in [0.1, 0.15) is 19.8 Å². The maximum atomic E-state index is 13.4. The molecule has 1 aliphatic heterocycles. The molecule has 0 radical (unpaired) electrons. The summed E-state index contributed by atoms with van der Waals surface area (Å²) in [4.78, 5) is 22.8. The van der Waals surface area contributed by atoms with Crippen LogP contribution in [0.25, 0.3) is 0 Å². The summed E-state index contributed by atoms with van der Waals surface area (Å²) in [7, 11) is 0. The Morgan fingerprint density at radius 2 is 2.26 bits per heavy atom. The molecule has 0 aromatic heterocycles. The van der Waals surface area contributed by atoms with E-state index in [2.05, 4.69) is 5.32 Å². The van der Waals surface area contributed by atoms with Crippen LogP contribution in [0.3, 0.4) is 0 Å². The molecule has 0 unspecified atom stereocenters. The normalized spacial score (nSPS) is 15.4. The van der Waals surface area contributed by atoms with E-state index in [9.17, 15) is 19.3 Å². The van der Waals surface area contributed by atoms with E-state index in [1.54, 1.807) is 6.92 Å². The van der Waals surface area contributed by atoms with Crippen LogP contribution in [0.5, 0.6) is 0 Å². The van der Waals surface area contributed by atoms with Crippen molar-refractivity contribution in [2.45, 2.75) is 24.7 Å². The molecule has 0 fully saturated rings. The highest BCUT2D eigenvalue weighted by Gasteiger charge is 2.25. The number of halogens is 2. The number of thioether (sulfide) groups is 1. The molecule has 1 heterocycles. The number of nitrogens with zero attached hydrogens (tertiary/aromatic N) is 1. The first kappa shape index (κ1) is 17.6. The van der Waals surface area contributed by atoms with Gasteiger partial charge in [-0.1, -0.05) is 11.6 Å². The summed E-state index contributed by atoms with van der Waals surface area (Å²) >= 11 is 7.01. The molecule has 9 heteroatoms. The number of carbonyl (C=O) groups excluding carboxylic acids is 1. The van der Waals surface area contributed by atoms with Gasteiger partial charge in [-0.25, -0.2) is 4.39 Å². The van der Waals surface area contributed by atoms with Crippen LogP contribution >= 0.6 is 23.4 Å². The Bertz CT molecular complexity index is 681. The minimum Gasteiger partial charge on any atom is -0.466 e. The second-order valence-corrected chi connectivity index (χ2v) is 6.09. The fraction of sp³-hybridized carbons (Fsp3) is 0.357. The maximum absolute atomic E-state index is 13.4. The Kier molecular flexibility index (Phi) is 5.84. The highest BCUT2D eigenvalue weighted by atomic mass is 35.5. The lowest BCUT2D eigenvalue weighted by Gasteiger charge is -2.20. The summed E-state index contributed by atoms with van der Waals surface area (Å²) < 4.78 is 18.2. The lowest BCUT2D eigenvalue weighted by atomic mass is 10.2. The molecule has 124 valence electrons. The van der Waals surface area contributed by atoms with Gasteiger partial charge in [0.05, 0.1) is 40.8 Å². The number of rotatable bonds is 5. The van der Waals surface area contributed by atoms with Gasteiger partial charge in [0.1, 0.15) is 5.82 Å². The molecule has 6 nitrogen and oxygen atoms in total. The molecule has 0 bridgehead atoms. The van der Waals surface area contributed by atoms with Crippen molar-refractivity contribution < 1.29 is 18.8 Å². The lowest BCUT2D eigenvalue weighted by Crippen LogP contribution is -2.17. The van der Waals surface area contributed by atoms with Gasteiger partial charge in [0.15, 0.2) is 0 Å². The number of benzene rings is 1. The van der Waals surface area contributed by atoms with Gasteiger partial charge in [0.25, 0.3) is 5.70 Å². The molecule has 1 N–H and O–H groups in total. The van der Waals surface area contributed by atoms with E-state index in [4.69, 9.17) is 16.3 Å². The van der Waals surface area contributed by atoms with E-state index < -0.39 is 16.7 Å². The van der Waals surface area contributed by atoms with Gasteiger partial charge in [-0.05, 0) is 19.1 Å². The number of esters is 1. The molecular formula is C14H14ClFN2O4S. The highest BCUT2D eigenvalue weighted by molar-refractivity contribution is 7.99. The first-order valence-electron chi connectivity index (χ1n) is 6.83. The monoisotopic (exact) mass is 360 g/mol. The van der Waals surface area contributed by atoms with E-state index in [-0.39, 0.29) is 35.9 Å². The van der Waals surface area contributed by atoms with Crippen molar-refractivity contribution in [1.29, 1.82) is 0 Å². The summed E-state index contributed by atoms with van der Waals surface area (Å²) in [6.07, 6.45) is -0.115. The van der Waals surface area contributed by atoms with Crippen molar-refractivity contribution in [1.82, 2.24) is 0 Å². The highest BCUT2D eigenvalue weighted by Crippen LogP contribution is 2.38. The molecular weight excluding hydrogens is 347 g/mol. The molecule has 0 atom stereocenters. The van der Waals surface area contributed by atoms with Crippen LogP contribution in [-0.2, 0) is 9.53 Å². The Morgan fingerprint density at radius 3 is 2.91 bits per heavy atom. The van der Waals surface area contributed by atoms with Crippen LogP contribution in [0.2, 0.25) is 5.02 Å². The second-order valence-electron chi connectivity index (χ2n) is 4.66. The number of hydrogen-bond donors (Lipinski definition) is 1. The van der Waals surface area contributed by atoms with Crippen LogP contribution in [0.4, 0.5) is 10.1 Å². The number of hydrogen-bond acceptors (Lipinski definition) is 6. The summed E-state index contributed by atoms with van der Waals surface area (Å²) in [5.41, 5.74) is 0.800. The molecule has 1 aromatic rings. The summed E-state index contributed by atoms with van der Waals surface area (Å²) in [5.74, 6) is -0.738. The Labute approximate surface area is 141 Å². The third-order valence-corrected chi connectivity index (χ3v) is 4.49. The van der Waals surface area contributed by atoms with Gasteiger partial charge < -0.3 is 10.1 Å². The van der Waals surface area contributed by atoms with E-state index in [0.29, 0.717) is 16.3 Å². The second kappa shape index (κ2) is 7.65. The zero-order chi connectivity index (χ0) is 17.0. The van der Waals surface area contributed by atoms with Crippen LogP contribution < -0.4 is 5.32 Å². The van der Waals surface area contributed by atoms with Gasteiger partial charge in [-0.3, -0.25) is 14.9 Å². The van der Waals surface area contributed by atoms with Crippen molar-refractivity contribution in [3.05, 3.63) is 44.5 Å². The Balaban J connectivity index is 2.22. The maximum Gasteiger partial charge on any atom is 0.306 e. The Hall–Kier alpha value is -1.80. The molecule has 0 aliphatic carbocycles. The number of fused-ring (bicyclic) bond motifs is 1.